The van der Waals surface area contributed by atoms with Gasteiger partial charge in [0.1, 0.15) is 5.75 Å². The van der Waals surface area contributed by atoms with Gasteiger partial charge in [-0.25, -0.2) is 0 Å². The first-order valence-electron chi connectivity index (χ1n) is 3.71. The fourth-order valence-electron chi connectivity index (χ4n) is 1.30. The highest BCUT2D eigenvalue weighted by molar-refractivity contribution is 7.80. The molecule has 4 heteroatoms. The van der Waals surface area contributed by atoms with Gasteiger partial charge < -0.3 is 5.11 Å². The molecule has 0 atom stereocenters. The van der Waals surface area contributed by atoms with E-state index in [4.69, 9.17) is 11.6 Å². The van der Waals surface area contributed by atoms with Crippen LogP contribution in [0.2, 0.25) is 0 Å². The summed E-state index contributed by atoms with van der Waals surface area (Å²) >= 11 is 11.6. The van der Waals surface area contributed by atoms with Gasteiger partial charge in [0, 0.05) is 21.5 Å². The predicted molar refractivity (Wildman–Crippen MR) is 60.3 cm³/mol. The van der Waals surface area contributed by atoms with E-state index in [-0.39, 0.29) is 0 Å². The summed E-state index contributed by atoms with van der Waals surface area (Å²) in [5.74, 6) is 0.746. The lowest BCUT2D eigenvalue weighted by Gasteiger charge is -2.01. The third-order valence-corrected chi connectivity index (χ3v) is 3.73. The molecule has 2 rings (SSSR count). The molecule has 13 heavy (non-hydrogen) atoms. The molecule has 1 aromatic heterocycles. The molecule has 1 N–H and O–H groups in total. The summed E-state index contributed by atoms with van der Waals surface area (Å²) in [6.07, 6.45) is 0. The highest BCUT2D eigenvalue weighted by Gasteiger charge is 2.09. The molecule has 1 heterocycles. The molecule has 0 aliphatic heterocycles. The van der Waals surface area contributed by atoms with Gasteiger partial charge in [0.15, 0.2) is 0 Å². The zero-order valence-corrected chi connectivity index (χ0v) is 9.09. The van der Waals surface area contributed by atoms with Crippen LogP contribution in [-0.2, 0) is 5.88 Å². The first kappa shape index (κ1) is 9.19. The average Bonchev–Trinajstić information content (AvgIpc) is 2.51. The van der Waals surface area contributed by atoms with E-state index < -0.39 is 0 Å². The Kier molecular flexibility index (Phi) is 2.41. The fourth-order valence-corrected chi connectivity index (χ4v) is 2.90. The van der Waals surface area contributed by atoms with Crippen molar-refractivity contribution in [1.29, 1.82) is 0 Å². The molecule has 1 nitrogen and oxygen atoms in total. The molecule has 0 aliphatic carbocycles. The summed E-state index contributed by atoms with van der Waals surface area (Å²) in [7, 11) is 0. The minimum atomic E-state index is 0.300. The number of thiophene rings is 1. The first-order valence-corrected chi connectivity index (χ1v) is 5.57. The Morgan fingerprint density at radius 2 is 2.23 bits per heavy atom. The highest BCUT2D eigenvalue weighted by atomic mass is 35.5. The van der Waals surface area contributed by atoms with Gasteiger partial charge in [-0.1, -0.05) is 6.07 Å². The quantitative estimate of drug-likeness (QED) is 0.566. The summed E-state index contributed by atoms with van der Waals surface area (Å²) in [6.45, 7) is 0. The summed E-state index contributed by atoms with van der Waals surface area (Å²) in [4.78, 5) is 0.881. The Morgan fingerprint density at radius 1 is 1.46 bits per heavy atom. The van der Waals surface area contributed by atoms with Crippen molar-refractivity contribution >= 4 is 45.7 Å². The maximum Gasteiger partial charge on any atom is 0.133 e. The molecule has 0 radical (unpaired) electrons. The van der Waals surface area contributed by atoms with Crippen molar-refractivity contribution in [2.45, 2.75) is 10.8 Å². The Bertz CT molecular complexity index is 450. The van der Waals surface area contributed by atoms with Crippen molar-refractivity contribution in [2.75, 3.05) is 0 Å². The Labute approximate surface area is 90.4 Å². The number of fused-ring (bicyclic) bond motifs is 1. The minimum absolute atomic E-state index is 0.300. The van der Waals surface area contributed by atoms with Crippen molar-refractivity contribution in [3.05, 3.63) is 23.1 Å². The van der Waals surface area contributed by atoms with Crippen LogP contribution in [0.1, 0.15) is 5.56 Å². The Morgan fingerprint density at radius 3 is 2.92 bits per heavy atom. The van der Waals surface area contributed by atoms with E-state index in [0.717, 1.165) is 20.5 Å². The van der Waals surface area contributed by atoms with E-state index in [1.165, 1.54) is 11.3 Å². The van der Waals surface area contributed by atoms with Crippen LogP contribution in [0.5, 0.6) is 5.75 Å². The molecule has 0 saturated heterocycles. The van der Waals surface area contributed by atoms with Gasteiger partial charge in [0.25, 0.3) is 0 Å². The van der Waals surface area contributed by atoms with E-state index >= 15 is 0 Å². The molecule has 0 amide bonds. The van der Waals surface area contributed by atoms with E-state index in [1.807, 2.05) is 11.4 Å². The minimum Gasteiger partial charge on any atom is -0.506 e. The number of hydrogen-bond acceptors (Lipinski definition) is 3. The summed E-state index contributed by atoms with van der Waals surface area (Å²) in [5.41, 5.74) is 1.01. The molecular formula is C9H7ClOS2. The van der Waals surface area contributed by atoms with Gasteiger partial charge in [-0.3, -0.25) is 0 Å². The van der Waals surface area contributed by atoms with Gasteiger partial charge in [-0.05, 0) is 11.6 Å². The number of halogens is 1. The standard InChI is InChI=1S/C9H7ClOS2/c10-3-5-1-2-6(11)9-8(5)7(12)4-13-9/h1-2,4,11-12H,3H2. The molecule has 2 aromatic rings. The van der Waals surface area contributed by atoms with Crippen LogP contribution >= 0.6 is 35.6 Å². The monoisotopic (exact) mass is 230 g/mol. The molecule has 68 valence electrons. The van der Waals surface area contributed by atoms with Crippen LogP contribution in [-0.4, -0.2) is 5.11 Å². The number of hydrogen-bond donors (Lipinski definition) is 2. The lowest BCUT2D eigenvalue weighted by Crippen LogP contribution is -1.79. The lowest BCUT2D eigenvalue weighted by atomic mass is 10.1. The van der Waals surface area contributed by atoms with Gasteiger partial charge in [0.05, 0.1) is 4.70 Å². The second kappa shape index (κ2) is 3.40. The van der Waals surface area contributed by atoms with Crippen LogP contribution in [0.15, 0.2) is 22.4 Å². The maximum atomic E-state index is 9.54. The second-order valence-electron chi connectivity index (χ2n) is 2.70. The maximum absolute atomic E-state index is 9.54. The molecule has 0 aliphatic rings. The number of alkyl halides is 1. The van der Waals surface area contributed by atoms with Crippen LogP contribution in [0.4, 0.5) is 0 Å². The van der Waals surface area contributed by atoms with Crippen molar-refractivity contribution in [1.82, 2.24) is 0 Å². The van der Waals surface area contributed by atoms with Crippen molar-refractivity contribution < 1.29 is 5.11 Å². The van der Waals surface area contributed by atoms with Gasteiger partial charge >= 0.3 is 0 Å². The predicted octanol–water partition coefficient (Wildman–Crippen LogP) is 3.63. The third kappa shape index (κ3) is 1.41. The van der Waals surface area contributed by atoms with Crippen LogP contribution in [0.3, 0.4) is 0 Å². The summed E-state index contributed by atoms with van der Waals surface area (Å²) in [5, 5.41) is 12.4. The number of phenolic OH excluding ortho intramolecular Hbond substituents is 1. The highest BCUT2D eigenvalue weighted by Crippen LogP contribution is 2.37. The largest absolute Gasteiger partial charge is 0.506 e. The summed E-state index contributed by atoms with van der Waals surface area (Å²) < 4.78 is 0.864. The molecule has 0 saturated carbocycles. The first-order chi connectivity index (χ1) is 6.24. The Balaban J connectivity index is 2.88. The number of thiol groups is 1. The number of aromatic hydroxyl groups is 1. The average molecular weight is 231 g/mol. The molecular weight excluding hydrogens is 224 g/mol. The van der Waals surface area contributed by atoms with Gasteiger partial charge in [-0.15, -0.1) is 35.6 Å². The fraction of sp³-hybridized carbons (Fsp3) is 0.111. The molecule has 0 unspecified atom stereocenters. The number of phenols is 1. The van der Waals surface area contributed by atoms with Crippen LogP contribution in [0.25, 0.3) is 10.1 Å². The normalized spacial score (nSPS) is 10.9. The van der Waals surface area contributed by atoms with Gasteiger partial charge in [-0.2, -0.15) is 0 Å². The van der Waals surface area contributed by atoms with Crippen molar-refractivity contribution in [2.24, 2.45) is 0 Å². The number of rotatable bonds is 1. The van der Waals surface area contributed by atoms with Crippen LogP contribution < -0.4 is 0 Å². The Hall–Kier alpha value is -0.380. The molecule has 1 aromatic carbocycles. The van der Waals surface area contributed by atoms with Gasteiger partial charge in [0.2, 0.25) is 0 Å². The number of benzene rings is 1. The SMILES string of the molecule is Oc1ccc(CCl)c2c(S)csc12. The van der Waals surface area contributed by atoms with E-state index in [1.54, 1.807) is 6.07 Å². The van der Waals surface area contributed by atoms with E-state index in [9.17, 15) is 5.11 Å². The zero-order chi connectivity index (χ0) is 9.42. The van der Waals surface area contributed by atoms with Crippen molar-refractivity contribution in [3.8, 4) is 5.75 Å². The smallest absolute Gasteiger partial charge is 0.133 e. The van der Waals surface area contributed by atoms with Crippen LogP contribution in [0, 0.1) is 0 Å². The molecule has 0 fully saturated rings. The summed E-state index contributed by atoms with van der Waals surface area (Å²) in [6, 6.07) is 3.50. The molecule has 0 bridgehead atoms. The molecule has 0 spiro atoms. The van der Waals surface area contributed by atoms with E-state index in [2.05, 4.69) is 12.6 Å². The topological polar surface area (TPSA) is 20.2 Å². The van der Waals surface area contributed by atoms with E-state index in [0.29, 0.717) is 11.6 Å². The third-order valence-electron chi connectivity index (χ3n) is 1.91. The van der Waals surface area contributed by atoms with Crippen molar-refractivity contribution in [3.63, 3.8) is 0 Å². The lowest BCUT2D eigenvalue weighted by molar-refractivity contribution is 0.482. The zero-order valence-electron chi connectivity index (χ0n) is 6.62. The second-order valence-corrected chi connectivity index (χ2v) is 4.33.